The summed E-state index contributed by atoms with van der Waals surface area (Å²) < 4.78 is 17.8. The normalized spacial score (nSPS) is 14.2. The second kappa shape index (κ2) is 5.99. The average molecular weight is 273 g/mol. The molecule has 6 nitrogen and oxygen atoms in total. The maximum absolute atomic E-state index is 11.5. The van der Waals surface area contributed by atoms with Gasteiger partial charge in [-0.25, -0.2) is 9.78 Å². The fraction of sp³-hybridized carbons (Fsp3) is 0.636. The molecule has 0 spiro atoms. The lowest BCUT2D eigenvalue weighted by Gasteiger charge is -2.13. The highest BCUT2D eigenvalue weighted by atomic mass is 32.2. The lowest BCUT2D eigenvalue weighted by atomic mass is 10.4. The molecule has 2 unspecified atom stereocenters. The Balaban J connectivity index is 3.14. The number of nitrogens with zero attached hydrogens (tertiary/aromatic N) is 2. The number of aromatic nitrogens is 2. The van der Waals surface area contributed by atoms with Gasteiger partial charge in [0, 0.05) is 35.3 Å². The SMILES string of the molecule is CCc1nc(C(=O)OC)c(N)n1CC(C)S(C)=O. The van der Waals surface area contributed by atoms with Gasteiger partial charge in [-0.1, -0.05) is 6.92 Å². The highest BCUT2D eigenvalue weighted by molar-refractivity contribution is 7.84. The first-order valence-electron chi connectivity index (χ1n) is 5.67. The molecule has 0 fully saturated rings. The highest BCUT2D eigenvalue weighted by Crippen LogP contribution is 2.17. The number of esters is 1. The second-order valence-electron chi connectivity index (χ2n) is 4.03. The first kappa shape index (κ1) is 14.7. The summed E-state index contributed by atoms with van der Waals surface area (Å²) in [5.41, 5.74) is 6.03. The fourth-order valence-electron chi connectivity index (χ4n) is 1.60. The zero-order valence-corrected chi connectivity index (χ0v) is 11.9. The van der Waals surface area contributed by atoms with Crippen LogP contribution in [0.25, 0.3) is 0 Å². The van der Waals surface area contributed by atoms with Gasteiger partial charge in [0.2, 0.25) is 0 Å². The van der Waals surface area contributed by atoms with Crippen molar-refractivity contribution in [1.82, 2.24) is 9.55 Å². The molecule has 0 aliphatic carbocycles. The van der Waals surface area contributed by atoms with Gasteiger partial charge in [-0.3, -0.25) is 4.21 Å². The van der Waals surface area contributed by atoms with Crippen LogP contribution < -0.4 is 5.73 Å². The van der Waals surface area contributed by atoms with E-state index in [-0.39, 0.29) is 16.8 Å². The minimum absolute atomic E-state index is 0.0581. The molecule has 7 heteroatoms. The molecule has 1 heterocycles. The van der Waals surface area contributed by atoms with Crippen molar-refractivity contribution in [3.8, 4) is 0 Å². The van der Waals surface area contributed by atoms with Gasteiger partial charge in [-0.15, -0.1) is 0 Å². The van der Waals surface area contributed by atoms with Gasteiger partial charge in [0.15, 0.2) is 5.69 Å². The van der Waals surface area contributed by atoms with Gasteiger partial charge >= 0.3 is 5.97 Å². The zero-order chi connectivity index (χ0) is 13.9. The summed E-state index contributed by atoms with van der Waals surface area (Å²) in [5.74, 6) is 0.424. The Morgan fingerprint density at radius 2 is 2.22 bits per heavy atom. The zero-order valence-electron chi connectivity index (χ0n) is 11.1. The van der Waals surface area contributed by atoms with E-state index in [2.05, 4.69) is 9.72 Å². The van der Waals surface area contributed by atoms with E-state index in [1.54, 1.807) is 10.8 Å². The molecule has 1 aromatic heterocycles. The molecule has 1 aromatic rings. The van der Waals surface area contributed by atoms with Crippen molar-refractivity contribution in [3.63, 3.8) is 0 Å². The van der Waals surface area contributed by atoms with Crippen LogP contribution in [0.4, 0.5) is 5.82 Å². The molecule has 2 atom stereocenters. The van der Waals surface area contributed by atoms with Gasteiger partial charge in [0.25, 0.3) is 0 Å². The molecule has 0 radical (unpaired) electrons. The van der Waals surface area contributed by atoms with Crippen LogP contribution in [0.2, 0.25) is 0 Å². The number of imidazole rings is 1. The number of anilines is 1. The second-order valence-corrected chi connectivity index (χ2v) is 5.83. The molecule has 2 N–H and O–H groups in total. The number of nitrogens with two attached hydrogens (primary N) is 1. The maximum atomic E-state index is 11.5. The smallest absolute Gasteiger partial charge is 0.360 e. The number of hydrogen-bond donors (Lipinski definition) is 1. The van der Waals surface area contributed by atoms with Crippen LogP contribution in [0.5, 0.6) is 0 Å². The van der Waals surface area contributed by atoms with Crippen molar-refractivity contribution in [2.45, 2.75) is 32.1 Å². The maximum Gasteiger partial charge on any atom is 0.360 e. The van der Waals surface area contributed by atoms with Crippen molar-refractivity contribution in [1.29, 1.82) is 0 Å². The van der Waals surface area contributed by atoms with Crippen molar-refractivity contribution in [2.24, 2.45) is 0 Å². The highest BCUT2D eigenvalue weighted by Gasteiger charge is 2.21. The predicted molar refractivity (Wildman–Crippen MR) is 70.9 cm³/mol. The van der Waals surface area contributed by atoms with Crippen LogP contribution in [0.3, 0.4) is 0 Å². The number of aryl methyl sites for hydroxylation is 1. The molecule has 0 aliphatic rings. The van der Waals surface area contributed by atoms with E-state index in [9.17, 15) is 9.00 Å². The summed E-state index contributed by atoms with van der Waals surface area (Å²) in [4.78, 5) is 15.7. The van der Waals surface area contributed by atoms with E-state index < -0.39 is 16.8 Å². The molecule has 0 bridgehead atoms. The molecule has 0 aliphatic heterocycles. The molecule has 0 amide bonds. The predicted octanol–water partition coefficient (Wildman–Crippen LogP) is 0.581. The number of carbonyl (C=O) groups is 1. The Labute approximate surface area is 109 Å². The van der Waals surface area contributed by atoms with Gasteiger partial charge in [0.1, 0.15) is 11.6 Å². The van der Waals surface area contributed by atoms with Gasteiger partial charge in [0.05, 0.1) is 7.11 Å². The summed E-state index contributed by atoms with van der Waals surface area (Å²) >= 11 is 0. The van der Waals surface area contributed by atoms with E-state index >= 15 is 0 Å². The van der Waals surface area contributed by atoms with Crippen molar-refractivity contribution in [3.05, 3.63) is 11.5 Å². The average Bonchev–Trinajstić information content (AvgIpc) is 2.65. The minimum Gasteiger partial charge on any atom is -0.464 e. The standard InChI is InChI=1S/C11H19N3O3S/c1-5-8-13-9(11(15)17-3)10(12)14(8)6-7(2)18(4)16/h7H,5-6,12H2,1-4H3. The summed E-state index contributed by atoms with van der Waals surface area (Å²) in [6, 6.07) is 0. The molecule has 1 rings (SSSR count). The lowest BCUT2D eigenvalue weighted by molar-refractivity contribution is 0.0595. The Morgan fingerprint density at radius 1 is 1.61 bits per heavy atom. The Hall–Kier alpha value is -1.37. The van der Waals surface area contributed by atoms with Crippen LogP contribution in [0.1, 0.15) is 30.2 Å². The molecular weight excluding hydrogens is 254 g/mol. The topological polar surface area (TPSA) is 87.2 Å². The largest absolute Gasteiger partial charge is 0.464 e. The van der Waals surface area contributed by atoms with E-state index in [0.29, 0.717) is 18.8 Å². The van der Waals surface area contributed by atoms with Crippen LogP contribution in [-0.4, -0.2) is 38.3 Å². The Kier molecular flexibility index (Phi) is 4.89. The van der Waals surface area contributed by atoms with E-state index in [1.165, 1.54) is 7.11 Å². The molecule has 18 heavy (non-hydrogen) atoms. The summed E-state index contributed by atoms with van der Waals surface area (Å²) in [5, 5.41) is -0.0581. The summed E-state index contributed by atoms with van der Waals surface area (Å²) in [7, 11) is 0.335. The first-order chi connectivity index (χ1) is 8.42. The fourth-order valence-corrected chi connectivity index (χ4v) is 1.96. The molecule has 0 saturated carbocycles. The number of nitrogen functional groups attached to an aromatic ring is 1. The van der Waals surface area contributed by atoms with Crippen LogP contribution in [0.15, 0.2) is 0 Å². The molecule has 0 aromatic carbocycles. The van der Waals surface area contributed by atoms with Gasteiger partial charge in [-0.05, 0) is 6.92 Å². The van der Waals surface area contributed by atoms with Crippen LogP contribution >= 0.6 is 0 Å². The van der Waals surface area contributed by atoms with Gasteiger partial charge < -0.3 is 15.0 Å². The van der Waals surface area contributed by atoms with E-state index in [1.807, 2.05) is 13.8 Å². The third kappa shape index (κ3) is 2.90. The number of rotatable bonds is 5. The number of hydrogen-bond acceptors (Lipinski definition) is 5. The summed E-state index contributed by atoms with van der Waals surface area (Å²) in [6.07, 6.45) is 2.29. The summed E-state index contributed by atoms with van der Waals surface area (Å²) in [6.45, 7) is 4.27. The number of methoxy groups -OCH3 is 1. The molecular formula is C11H19N3O3S. The van der Waals surface area contributed by atoms with Crippen LogP contribution in [0, 0.1) is 0 Å². The van der Waals surface area contributed by atoms with Crippen LogP contribution in [-0.2, 0) is 28.5 Å². The molecule has 0 saturated heterocycles. The van der Waals surface area contributed by atoms with Crippen molar-refractivity contribution < 1.29 is 13.7 Å². The number of carbonyl (C=O) groups excluding carboxylic acids is 1. The number of ether oxygens (including phenoxy) is 1. The first-order valence-corrected chi connectivity index (χ1v) is 7.29. The van der Waals surface area contributed by atoms with Crippen molar-refractivity contribution in [2.75, 3.05) is 19.1 Å². The third-order valence-corrected chi connectivity index (χ3v) is 4.07. The Morgan fingerprint density at radius 3 is 2.67 bits per heavy atom. The van der Waals surface area contributed by atoms with E-state index in [4.69, 9.17) is 5.73 Å². The Bertz CT molecular complexity index is 470. The monoisotopic (exact) mass is 273 g/mol. The quantitative estimate of drug-likeness (QED) is 0.793. The minimum atomic E-state index is -0.953. The van der Waals surface area contributed by atoms with Gasteiger partial charge in [-0.2, -0.15) is 0 Å². The molecule has 102 valence electrons. The van der Waals surface area contributed by atoms with Crippen molar-refractivity contribution >= 4 is 22.6 Å². The third-order valence-electron chi connectivity index (χ3n) is 2.79. The van der Waals surface area contributed by atoms with E-state index in [0.717, 1.165) is 0 Å². The lowest BCUT2D eigenvalue weighted by Crippen LogP contribution is -2.20.